The van der Waals surface area contributed by atoms with Gasteiger partial charge in [-0.25, -0.2) is 13.2 Å². The Balaban J connectivity index is 2.00. The van der Waals surface area contributed by atoms with Gasteiger partial charge in [-0.15, -0.1) is 6.58 Å². The molecule has 1 saturated heterocycles. The average molecular weight is 344 g/mol. The molecule has 0 unspecified atom stereocenters. The Morgan fingerprint density at radius 3 is 2.36 bits per heavy atom. The van der Waals surface area contributed by atoms with Crippen LogP contribution < -0.4 is 5.32 Å². The first kappa shape index (κ1) is 16.8. The van der Waals surface area contributed by atoms with Crippen LogP contribution in [0.2, 0.25) is 5.02 Å². The molecule has 2 rings (SSSR count). The third kappa shape index (κ3) is 3.79. The second-order valence-electron chi connectivity index (χ2n) is 4.82. The standard InChI is InChI=1S/C14H18ClN3O3S/c1-2-7-16-14(19)17-8-10-18(11-9-17)22(20,21)13-5-3-12(15)4-6-13/h2-6H,1,7-11H2,(H,16,19). The summed E-state index contributed by atoms with van der Waals surface area (Å²) in [4.78, 5) is 13.6. The zero-order chi connectivity index (χ0) is 16.2. The van der Waals surface area contributed by atoms with Crippen LogP contribution in [0.4, 0.5) is 4.79 Å². The highest BCUT2D eigenvalue weighted by Crippen LogP contribution is 2.19. The first-order valence-electron chi connectivity index (χ1n) is 6.84. The fourth-order valence-electron chi connectivity index (χ4n) is 2.16. The van der Waals surface area contributed by atoms with E-state index in [-0.39, 0.29) is 24.0 Å². The number of urea groups is 1. The highest BCUT2D eigenvalue weighted by molar-refractivity contribution is 7.89. The summed E-state index contributed by atoms with van der Waals surface area (Å²) >= 11 is 5.78. The Labute approximate surface area is 135 Å². The van der Waals surface area contributed by atoms with Crippen molar-refractivity contribution in [2.24, 2.45) is 0 Å². The van der Waals surface area contributed by atoms with Crippen molar-refractivity contribution in [1.82, 2.24) is 14.5 Å². The van der Waals surface area contributed by atoms with Crippen LogP contribution in [0.5, 0.6) is 0 Å². The van der Waals surface area contributed by atoms with Gasteiger partial charge in [0.1, 0.15) is 0 Å². The number of nitrogens with one attached hydrogen (secondary N) is 1. The molecule has 1 aromatic rings. The second kappa shape index (κ2) is 7.13. The SMILES string of the molecule is C=CCNC(=O)N1CCN(S(=O)(=O)c2ccc(Cl)cc2)CC1. The summed E-state index contributed by atoms with van der Waals surface area (Å²) in [5, 5.41) is 3.17. The minimum absolute atomic E-state index is 0.205. The van der Waals surface area contributed by atoms with Gasteiger partial charge < -0.3 is 10.2 Å². The molecule has 0 radical (unpaired) electrons. The maximum absolute atomic E-state index is 12.5. The number of carbonyl (C=O) groups excluding carboxylic acids is 1. The van der Waals surface area contributed by atoms with E-state index >= 15 is 0 Å². The maximum Gasteiger partial charge on any atom is 0.317 e. The number of nitrogens with zero attached hydrogens (tertiary/aromatic N) is 2. The molecule has 2 amide bonds. The number of hydrogen-bond acceptors (Lipinski definition) is 3. The summed E-state index contributed by atoms with van der Waals surface area (Å²) < 4.78 is 26.4. The third-order valence-electron chi connectivity index (χ3n) is 3.37. The minimum atomic E-state index is -3.54. The predicted molar refractivity (Wildman–Crippen MR) is 85.4 cm³/mol. The molecule has 0 aromatic heterocycles. The summed E-state index contributed by atoms with van der Waals surface area (Å²) in [5.41, 5.74) is 0. The molecule has 1 N–H and O–H groups in total. The zero-order valence-corrected chi connectivity index (χ0v) is 13.6. The van der Waals surface area contributed by atoms with Gasteiger partial charge in [0.15, 0.2) is 0 Å². The summed E-state index contributed by atoms with van der Waals surface area (Å²) in [6, 6.07) is 5.87. The van der Waals surface area contributed by atoms with Gasteiger partial charge in [-0.05, 0) is 24.3 Å². The Morgan fingerprint density at radius 2 is 1.82 bits per heavy atom. The molecule has 120 valence electrons. The highest BCUT2D eigenvalue weighted by atomic mass is 35.5. The summed E-state index contributed by atoms with van der Waals surface area (Å²) in [6.07, 6.45) is 1.60. The maximum atomic E-state index is 12.5. The number of sulfonamides is 1. The van der Waals surface area contributed by atoms with Crippen molar-refractivity contribution in [2.75, 3.05) is 32.7 Å². The third-order valence-corrected chi connectivity index (χ3v) is 5.54. The monoisotopic (exact) mass is 343 g/mol. The van der Waals surface area contributed by atoms with Gasteiger partial charge in [0.25, 0.3) is 0 Å². The lowest BCUT2D eigenvalue weighted by Crippen LogP contribution is -2.53. The zero-order valence-electron chi connectivity index (χ0n) is 12.0. The molecule has 1 aliphatic heterocycles. The molecule has 0 spiro atoms. The van der Waals surface area contributed by atoms with E-state index in [1.807, 2.05) is 0 Å². The predicted octanol–water partition coefficient (Wildman–Crippen LogP) is 1.54. The normalized spacial score (nSPS) is 16.3. The fraction of sp³-hybridized carbons (Fsp3) is 0.357. The van der Waals surface area contributed by atoms with Crippen LogP contribution in [0, 0.1) is 0 Å². The summed E-state index contributed by atoms with van der Waals surface area (Å²) in [6.45, 7) is 5.18. The molecular formula is C14H18ClN3O3S. The van der Waals surface area contributed by atoms with E-state index in [2.05, 4.69) is 11.9 Å². The van der Waals surface area contributed by atoms with Crippen LogP contribution in [-0.2, 0) is 10.0 Å². The molecule has 0 bridgehead atoms. The number of benzene rings is 1. The van der Waals surface area contributed by atoms with Gasteiger partial charge in [0.2, 0.25) is 10.0 Å². The number of halogens is 1. The van der Waals surface area contributed by atoms with E-state index in [4.69, 9.17) is 11.6 Å². The second-order valence-corrected chi connectivity index (χ2v) is 7.19. The van der Waals surface area contributed by atoms with E-state index in [0.29, 0.717) is 24.7 Å². The van der Waals surface area contributed by atoms with E-state index in [9.17, 15) is 13.2 Å². The van der Waals surface area contributed by atoms with Crippen molar-refractivity contribution in [3.05, 3.63) is 41.9 Å². The lowest BCUT2D eigenvalue weighted by atomic mass is 10.4. The van der Waals surface area contributed by atoms with Crippen LogP contribution in [0.1, 0.15) is 0 Å². The molecule has 1 aliphatic rings. The Kier molecular flexibility index (Phi) is 5.44. The molecule has 1 fully saturated rings. The number of piperazine rings is 1. The first-order valence-corrected chi connectivity index (χ1v) is 8.66. The number of rotatable bonds is 4. The summed E-state index contributed by atoms with van der Waals surface area (Å²) in [5.74, 6) is 0. The summed E-state index contributed by atoms with van der Waals surface area (Å²) in [7, 11) is -3.54. The van der Waals surface area contributed by atoms with Gasteiger partial charge in [0, 0.05) is 37.7 Å². The quantitative estimate of drug-likeness (QED) is 0.843. The van der Waals surface area contributed by atoms with E-state index < -0.39 is 10.0 Å². The Morgan fingerprint density at radius 1 is 1.23 bits per heavy atom. The molecule has 1 aromatic carbocycles. The van der Waals surface area contributed by atoms with Gasteiger partial charge in [0.05, 0.1) is 4.90 Å². The minimum Gasteiger partial charge on any atom is -0.335 e. The van der Waals surface area contributed by atoms with Crippen molar-refractivity contribution in [2.45, 2.75) is 4.90 Å². The smallest absolute Gasteiger partial charge is 0.317 e. The lowest BCUT2D eigenvalue weighted by molar-refractivity contribution is 0.173. The number of amides is 2. The lowest BCUT2D eigenvalue weighted by Gasteiger charge is -2.33. The molecule has 1 heterocycles. The Hall–Kier alpha value is -1.57. The fourth-order valence-corrected chi connectivity index (χ4v) is 3.71. The first-order chi connectivity index (χ1) is 10.4. The average Bonchev–Trinajstić information content (AvgIpc) is 2.53. The topological polar surface area (TPSA) is 69.7 Å². The van der Waals surface area contributed by atoms with Crippen LogP contribution in [-0.4, -0.2) is 56.4 Å². The van der Waals surface area contributed by atoms with E-state index in [0.717, 1.165) is 0 Å². The van der Waals surface area contributed by atoms with E-state index in [1.54, 1.807) is 23.1 Å². The molecule has 0 aliphatic carbocycles. The largest absolute Gasteiger partial charge is 0.335 e. The molecule has 22 heavy (non-hydrogen) atoms. The van der Waals surface area contributed by atoms with Crippen LogP contribution >= 0.6 is 11.6 Å². The molecule has 0 atom stereocenters. The van der Waals surface area contributed by atoms with Crippen LogP contribution in [0.15, 0.2) is 41.8 Å². The molecule has 6 nitrogen and oxygen atoms in total. The van der Waals surface area contributed by atoms with E-state index in [1.165, 1.54) is 16.4 Å². The van der Waals surface area contributed by atoms with Gasteiger partial charge >= 0.3 is 6.03 Å². The molecule has 8 heteroatoms. The van der Waals surface area contributed by atoms with Crippen molar-refractivity contribution in [3.8, 4) is 0 Å². The number of carbonyl (C=O) groups is 1. The van der Waals surface area contributed by atoms with Gasteiger partial charge in [-0.1, -0.05) is 17.7 Å². The van der Waals surface area contributed by atoms with Crippen molar-refractivity contribution in [3.63, 3.8) is 0 Å². The van der Waals surface area contributed by atoms with Crippen molar-refractivity contribution < 1.29 is 13.2 Å². The van der Waals surface area contributed by atoms with Crippen LogP contribution in [0.3, 0.4) is 0 Å². The van der Waals surface area contributed by atoms with Crippen LogP contribution in [0.25, 0.3) is 0 Å². The van der Waals surface area contributed by atoms with Gasteiger partial charge in [-0.3, -0.25) is 0 Å². The molecule has 0 saturated carbocycles. The molecular weight excluding hydrogens is 326 g/mol. The van der Waals surface area contributed by atoms with Gasteiger partial charge in [-0.2, -0.15) is 4.31 Å². The van der Waals surface area contributed by atoms with Crippen molar-refractivity contribution in [1.29, 1.82) is 0 Å². The Bertz CT molecular complexity index is 638. The van der Waals surface area contributed by atoms with Crippen molar-refractivity contribution >= 4 is 27.7 Å². The number of hydrogen-bond donors (Lipinski definition) is 1. The highest BCUT2D eigenvalue weighted by Gasteiger charge is 2.29.